The van der Waals surface area contributed by atoms with Crippen LogP contribution in [0.1, 0.15) is 75.1 Å². The fraction of sp³-hybridized carbons (Fsp3) is 0.464. The molecule has 1 saturated heterocycles. The first-order chi connectivity index (χ1) is 17.9. The lowest BCUT2D eigenvalue weighted by molar-refractivity contribution is -0.205. The van der Waals surface area contributed by atoms with E-state index in [1.165, 1.54) is 12.1 Å². The Kier molecular flexibility index (Phi) is 7.28. The van der Waals surface area contributed by atoms with Gasteiger partial charge in [0.15, 0.2) is 17.9 Å². The second-order valence-corrected chi connectivity index (χ2v) is 9.92. The van der Waals surface area contributed by atoms with Crippen LogP contribution in [0.25, 0.3) is 0 Å². The maximum atomic E-state index is 13.3. The third-order valence-corrected chi connectivity index (χ3v) is 7.61. The Morgan fingerprint density at radius 3 is 2.62 bits per heavy atom. The van der Waals surface area contributed by atoms with E-state index in [1.807, 2.05) is 0 Å². The van der Waals surface area contributed by atoms with Gasteiger partial charge in [0, 0.05) is 22.4 Å². The molecule has 0 amide bonds. The van der Waals surface area contributed by atoms with Crippen molar-refractivity contribution in [2.45, 2.75) is 57.3 Å². The second-order valence-electron chi connectivity index (χ2n) is 9.92. The molecule has 1 heterocycles. The van der Waals surface area contributed by atoms with Gasteiger partial charge in [0.1, 0.15) is 24.4 Å². The Hall–Kier alpha value is -3.27. The summed E-state index contributed by atoms with van der Waals surface area (Å²) >= 11 is 0. The minimum Gasteiger partial charge on any atom is -0.507 e. The smallest absolute Gasteiger partial charge is 0.200 e. The van der Waals surface area contributed by atoms with Crippen molar-refractivity contribution < 1.29 is 38.8 Å². The van der Waals surface area contributed by atoms with Gasteiger partial charge < -0.3 is 35.0 Å². The van der Waals surface area contributed by atoms with Gasteiger partial charge in [-0.1, -0.05) is 12.1 Å². The van der Waals surface area contributed by atoms with Gasteiger partial charge in [-0.05, 0) is 56.9 Å². The van der Waals surface area contributed by atoms with Crippen LogP contribution < -0.4 is 5.73 Å². The molecule has 1 fully saturated rings. The van der Waals surface area contributed by atoms with Crippen molar-refractivity contribution in [3.63, 3.8) is 0 Å². The lowest BCUT2D eigenvalue weighted by atomic mass is 9.75. The molecule has 3 aliphatic rings. The summed E-state index contributed by atoms with van der Waals surface area (Å²) in [7, 11) is 0. The number of ketones is 2. The molecule has 2 aromatic carbocycles. The first-order valence-electron chi connectivity index (χ1n) is 12.8. The third-order valence-electron chi connectivity index (χ3n) is 7.61. The zero-order valence-electron chi connectivity index (χ0n) is 20.5. The van der Waals surface area contributed by atoms with E-state index in [2.05, 4.69) is 0 Å². The molecule has 37 heavy (non-hydrogen) atoms. The van der Waals surface area contributed by atoms with Crippen LogP contribution in [0, 0.1) is 5.92 Å². The largest absolute Gasteiger partial charge is 0.507 e. The fourth-order valence-electron chi connectivity index (χ4n) is 5.74. The van der Waals surface area contributed by atoms with Gasteiger partial charge in [0.05, 0.1) is 36.0 Å². The third kappa shape index (κ3) is 4.74. The summed E-state index contributed by atoms with van der Waals surface area (Å²) in [6.45, 7) is 0.887. The van der Waals surface area contributed by atoms with Gasteiger partial charge in [-0.2, -0.15) is 0 Å². The van der Waals surface area contributed by atoms with E-state index < -0.39 is 11.6 Å². The minimum absolute atomic E-state index is 0.0560. The van der Waals surface area contributed by atoms with Crippen molar-refractivity contribution in [1.82, 2.24) is 0 Å². The van der Waals surface area contributed by atoms with Gasteiger partial charge in [-0.15, -0.1) is 0 Å². The molecule has 2 aromatic rings. The van der Waals surface area contributed by atoms with E-state index in [-0.39, 0.29) is 64.4 Å². The molecule has 9 heteroatoms. The Morgan fingerprint density at radius 1 is 1.03 bits per heavy atom. The minimum atomic E-state index is -0.545. The molecule has 0 bridgehead atoms. The van der Waals surface area contributed by atoms with Gasteiger partial charge in [0.2, 0.25) is 0 Å². The maximum Gasteiger partial charge on any atom is 0.200 e. The zero-order chi connectivity index (χ0) is 26.1. The van der Waals surface area contributed by atoms with Crippen molar-refractivity contribution in [1.29, 1.82) is 0 Å². The number of carbonyl (C=O) groups is 3. The van der Waals surface area contributed by atoms with Crippen LogP contribution in [0.15, 0.2) is 18.2 Å². The molecular weight excluding hydrogens is 478 g/mol. The average Bonchev–Trinajstić information content (AvgIpc) is 2.89. The number of ether oxygens (including phenoxy) is 3. The summed E-state index contributed by atoms with van der Waals surface area (Å²) in [5, 5.41) is 22.2. The summed E-state index contributed by atoms with van der Waals surface area (Å²) in [5.41, 5.74) is 7.08. The van der Waals surface area contributed by atoms with E-state index >= 15 is 0 Å². The molecule has 9 nitrogen and oxygen atoms in total. The zero-order valence-corrected chi connectivity index (χ0v) is 20.5. The summed E-state index contributed by atoms with van der Waals surface area (Å²) in [6, 6.07) is 4.64. The van der Waals surface area contributed by atoms with Crippen LogP contribution in [-0.4, -0.2) is 60.3 Å². The van der Waals surface area contributed by atoms with E-state index in [1.54, 1.807) is 6.07 Å². The number of hydrogen-bond acceptors (Lipinski definition) is 9. The molecule has 4 N–H and O–H groups in total. The first kappa shape index (κ1) is 25.4. The van der Waals surface area contributed by atoms with Crippen LogP contribution in [0.2, 0.25) is 0 Å². The van der Waals surface area contributed by atoms with Crippen LogP contribution in [0.5, 0.6) is 11.5 Å². The van der Waals surface area contributed by atoms with Gasteiger partial charge in [-0.25, -0.2) is 0 Å². The number of phenols is 2. The molecule has 1 aliphatic heterocycles. The number of rotatable bonds is 8. The number of nitrogen functional groups attached to an aromatic ring is 1. The highest BCUT2D eigenvalue weighted by atomic mass is 16.7. The van der Waals surface area contributed by atoms with Crippen molar-refractivity contribution in [3.05, 3.63) is 51.6 Å². The number of benzene rings is 2. The summed E-state index contributed by atoms with van der Waals surface area (Å²) in [5.74, 6) is -1.35. The van der Waals surface area contributed by atoms with Crippen molar-refractivity contribution in [2.75, 3.05) is 25.6 Å². The highest BCUT2D eigenvalue weighted by molar-refractivity contribution is 6.32. The lowest BCUT2D eigenvalue weighted by Gasteiger charge is -2.31. The van der Waals surface area contributed by atoms with Gasteiger partial charge in [-0.3, -0.25) is 9.59 Å². The van der Waals surface area contributed by atoms with Crippen molar-refractivity contribution >= 4 is 23.5 Å². The number of anilines is 1. The van der Waals surface area contributed by atoms with Crippen LogP contribution >= 0.6 is 0 Å². The quantitative estimate of drug-likeness (QED) is 0.180. The summed E-state index contributed by atoms with van der Waals surface area (Å²) in [6.07, 6.45) is 5.31. The van der Waals surface area contributed by atoms with E-state index in [4.69, 9.17) is 19.9 Å². The SMILES string of the molecule is Nc1cccc2c1C(=O)c1c(O)c3c(c(O)c1C2=O)C[C@@H](CCOC1CCCC(COCC=O)O1)CC3. The first-order valence-corrected chi connectivity index (χ1v) is 12.8. The average molecular weight is 510 g/mol. The Labute approximate surface area is 214 Å². The molecule has 0 aromatic heterocycles. The number of fused-ring (bicyclic) bond motifs is 3. The summed E-state index contributed by atoms with van der Waals surface area (Å²) < 4.78 is 17.1. The van der Waals surface area contributed by atoms with Crippen molar-refractivity contribution in [2.24, 2.45) is 5.92 Å². The number of hydrogen-bond donors (Lipinski definition) is 3. The van der Waals surface area contributed by atoms with E-state index in [0.717, 1.165) is 38.4 Å². The number of aldehydes is 1. The monoisotopic (exact) mass is 509 g/mol. The lowest BCUT2D eigenvalue weighted by Crippen LogP contribution is -2.33. The predicted molar refractivity (Wildman–Crippen MR) is 133 cm³/mol. The standard InChI is InChI=1S/C28H31NO8/c29-20-5-2-4-18-22(20)28(34)24-23(26(18)32)27(33)19-13-15(7-8-17(19)25(24)31)9-11-36-21-6-1-3-16(37-21)14-35-12-10-30/h2,4-5,10,15-16,21,31,33H,1,3,6-9,11-14,29H2/t15-,16?,21?/m1/s1. The second kappa shape index (κ2) is 10.6. The molecule has 0 spiro atoms. The molecule has 0 radical (unpaired) electrons. The molecule has 2 unspecified atom stereocenters. The van der Waals surface area contributed by atoms with Crippen LogP contribution in [-0.2, 0) is 31.8 Å². The van der Waals surface area contributed by atoms with Crippen LogP contribution in [0.4, 0.5) is 5.69 Å². The molecule has 2 aliphatic carbocycles. The Balaban J connectivity index is 1.27. The number of phenolic OH excluding ortho intramolecular Hbond substituents is 2. The predicted octanol–water partition coefficient (Wildman–Crippen LogP) is 3.08. The molecule has 3 atom stereocenters. The number of aromatic hydroxyl groups is 2. The van der Waals surface area contributed by atoms with E-state index in [9.17, 15) is 24.6 Å². The topological polar surface area (TPSA) is 145 Å². The molecule has 196 valence electrons. The highest BCUT2D eigenvalue weighted by Gasteiger charge is 2.39. The Morgan fingerprint density at radius 2 is 1.81 bits per heavy atom. The normalized spacial score (nSPS) is 22.8. The molecule has 0 saturated carbocycles. The fourth-order valence-corrected chi connectivity index (χ4v) is 5.74. The molecule has 5 rings (SSSR count). The van der Waals surface area contributed by atoms with E-state index in [0.29, 0.717) is 37.2 Å². The summed E-state index contributed by atoms with van der Waals surface area (Å²) in [4.78, 5) is 36.9. The van der Waals surface area contributed by atoms with Gasteiger partial charge in [0.25, 0.3) is 0 Å². The molecular formula is C28H31NO8. The van der Waals surface area contributed by atoms with Crippen molar-refractivity contribution in [3.8, 4) is 11.5 Å². The maximum absolute atomic E-state index is 13.3. The number of nitrogens with two attached hydrogens (primary N) is 1. The van der Waals surface area contributed by atoms with Gasteiger partial charge >= 0.3 is 0 Å². The number of carbonyl (C=O) groups excluding carboxylic acids is 3. The van der Waals surface area contributed by atoms with Crippen LogP contribution in [0.3, 0.4) is 0 Å². The highest BCUT2D eigenvalue weighted by Crippen LogP contribution is 2.47. The Bertz CT molecular complexity index is 1240.